The van der Waals surface area contributed by atoms with E-state index in [0.29, 0.717) is 25.9 Å². The largest absolute Gasteiger partial charge is 0.466 e. The van der Waals surface area contributed by atoms with Gasteiger partial charge in [-0.3, -0.25) is 9.59 Å². The van der Waals surface area contributed by atoms with Crippen molar-refractivity contribution in [3.8, 4) is 0 Å². The minimum absolute atomic E-state index is 0.199. The Morgan fingerprint density at radius 2 is 1.67 bits per heavy atom. The highest BCUT2D eigenvalue weighted by atomic mass is 16.7. The predicted octanol–water partition coefficient (Wildman–Crippen LogP) is 1.27. The molecular formula is C12H22O6. The van der Waals surface area contributed by atoms with Crippen LogP contribution in [-0.4, -0.2) is 45.7 Å². The second-order valence-corrected chi connectivity index (χ2v) is 3.62. The third-order valence-electron chi connectivity index (χ3n) is 2.15. The fourth-order valence-corrected chi connectivity index (χ4v) is 1.26. The van der Waals surface area contributed by atoms with Gasteiger partial charge in [0, 0.05) is 27.1 Å². The monoisotopic (exact) mass is 262 g/mol. The van der Waals surface area contributed by atoms with Crippen LogP contribution in [0.15, 0.2) is 0 Å². The third-order valence-corrected chi connectivity index (χ3v) is 2.15. The minimum Gasteiger partial charge on any atom is -0.466 e. The summed E-state index contributed by atoms with van der Waals surface area (Å²) in [5.74, 6) is -0.595. The van der Waals surface area contributed by atoms with Crippen LogP contribution < -0.4 is 0 Å². The van der Waals surface area contributed by atoms with Crippen LogP contribution in [0.5, 0.6) is 0 Å². The van der Waals surface area contributed by atoms with Gasteiger partial charge in [0.25, 0.3) is 0 Å². The first-order valence-electron chi connectivity index (χ1n) is 6.00. The van der Waals surface area contributed by atoms with Crippen molar-refractivity contribution in [3.63, 3.8) is 0 Å². The van der Waals surface area contributed by atoms with Gasteiger partial charge in [0.15, 0.2) is 0 Å². The molecule has 0 aliphatic carbocycles. The smallest absolute Gasteiger partial charge is 0.308 e. The number of rotatable bonds is 10. The Hall–Kier alpha value is -1.14. The second-order valence-electron chi connectivity index (χ2n) is 3.62. The van der Waals surface area contributed by atoms with Gasteiger partial charge < -0.3 is 18.9 Å². The molecule has 0 aliphatic rings. The summed E-state index contributed by atoms with van der Waals surface area (Å²) in [6, 6.07) is 0. The maximum Gasteiger partial charge on any atom is 0.308 e. The molecule has 1 unspecified atom stereocenters. The standard InChI is InChI=1S/C12H22O6/c1-4-17-10(13)7-5-6-8-11(14)18-12(16-3)9-15-2/h12H,4-9H2,1-3H3. The van der Waals surface area contributed by atoms with Crippen molar-refractivity contribution >= 4 is 11.9 Å². The lowest BCUT2D eigenvalue weighted by molar-refractivity contribution is -0.182. The van der Waals surface area contributed by atoms with Crippen LogP contribution in [0.3, 0.4) is 0 Å². The van der Waals surface area contributed by atoms with E-state index in [4.69, 9.17) is 18.9 Å². The molecule has 0 saturated heterocycles. The number of carbonyl (C=O) groups excluding carboxylic acids is 2. The summed E-state index contributed by atoms with van der Waals surface area (Å²) in [7, 11) is 2.94. The molecule has 0 aromatic carbocycles. The highest BCUT2D eigenvalue weighted by Crippen LogP contribution is 2.05. The lowest BCUT2D eigenvalue weighted by atomic mass is 10.2. The van der Waals surface area contributed by atoms with Crippen LogP contribution in [-0.2, 0) is 28.5 Å². The van der Waals surface area contributed by atoms with Gasteiger partial charge in [-0.05, 0) is 19.8 Å². The number of unbranched alkanes of at least 4 members (excludes halogenated alkanes) is 1. The lowest BCUT2D eigenvalue weighted by Crippen LogP contribution is -2.24. The molecule has 0 fully saturated rings. The number of ether oxygens (including phenoxy) is 4. The van der Waals surface area contributed by atoms with E-state index in [1.54, 1.807) is 6.92 Å². The Morgan fingerprint density at radius 3 is 2.17 bits per heavy atom. The molecule has 0 heterocycles. The maximum atomic E-state index is 11.4. The average Bonchev–Trinajstić information content (AvgIpc) is 2.34. The number of carbonyl (C=O) groups is 2. The van der Waals surface area contributed by atoms with Crippen LogP contribution in [0, 0.1) is 0 Å². The van der Waals surface area contributed by atoms with Gasteiger partial charge in [-0.2, -0.15) is 0 Å². The molecule has 0 radical (unpaired) electrons. The molecule has 0 aliphatic heterocycles. The summed E-state index contributed by atoms with van der Waals surface area (Å²) >= 11 is 0. The molecule has 0 saturated carbocycles. The van der Waals surface area contributed by atoms with Crippen molar-refractivity contribution in [2.24, 2.45) is 0 Å². The molecule has 0 amide bonds. The van der Waals surface area contributed by atoms with E-state index in [0.717, 1.165) is 0 Å². The zero-order valence-corrected chi connectivity index (χ0v) is 11.3. The van der Waals surface area contributed by atoms with E-state index in [1.165, 1.54) is 14.2 Å². The van der Waals surface area contributed by atoms with Gasteiger partial charge in [-0.1, -0.05) is 0 Å². The van der Waals surface area contributed by atoms with Gasteiger partial charge in [0.2, 0.25) is 6.29 Å². The molecular weight excluding hydrogens is 240 g/mol. The van der Waals surface area contributed by atoms with Crippen molar-refractivity contribution < 1.29 is 28.5 Å². The lowest BCUT2D eigenvalue weighted by Gasteiger charge is -2.14. The summed E-state index contributed by atoms with van der Waals surface area (Å²) < 4.78 is 19.5. The summed E-state index contributed by atoms with van der Waals surface area (Å²) in [4.78, 5) is 22.4. The van der Waals surface area contributed by atoms with Gasteiger partial charge in [-0.25, -0.2) is 0 Å². The molecule has 1 atom stereocenters. The number of hydrogen-bond acceptors (Lipinski definition) is 6. The SMILES string of the molecule is CCOC(=O)CCCCC(=O)OC(COC)OC. The molecule has 18 heavy (non-hydrogen) atoms. The van der Waals surface area contributed by atoms with Crippen LogP contribution in [0.1, 0.15) is 32.6 Å². The predicted molar refractivity (Wildman–Crippen MR) is 63.9 cm³/mol. The molecule has 0 N–H and O–H groups in total. The average molecular weight is 262 g/mol. The Labute approximate surface area is 108 Å². The van der Waals surface area contributed by atoms with Gasteiger partial charge in [0.1, 0.15) is 6.61 Å². The molecule has 6 nitrogen and oxygen atoms in total. The first-order valence-corrected chi connectivity index (χ1v) is 6.00. The Balaban J connectivity index is 3.61. The minimum atomic E-state index is -0.674. The van der Waals surface area contributed by atoms with Crippen LogP contribution in [0.2, 0.25) is 0 Å². The summed E-state index contributed by atoms with van der Waals surface area (Å²) in [5.41, 5.74) is 0. The van der Waals surface area contributed by atoms with Crippen molar-refractivity contribution in [2.45, 2.75) is 38.9 Å². The fourth-order valence-electron chi connectivity index (χ4n) is 1.26. The summed E-state index contributed by atoms with van der Waals surface area (Å²) in [6.45, 7) is 2.34. The van der Waals surface area contributed by atoms with E-state index in [1.807, 2.05) is 0 Å². The van der Waals surface area contributed by atoms with Crippen molar-refractivity contribution in [3.05, 3.63) is 0 Å². The second kappa shape index (κ2) is 11.0. The van der Waals surface area contributed by atoms with E-state index >= 15 is 0 Å². The Morgan fingerprint density at radius 1 is 1.06 bits per heavy atom. The molecule has 0 bridgehead atoms. The summed E-state index contributed by atoms with van der Waals surface area (Å²) in [5, 5.41) is 0. The van der Waals surface area contributed by atoms with E-state index in [9.17, 15) is 9.59 Å². The fraction of sp³-hybridized carbons (Fsp3) is 0.833. The molecule has 0 spiro atoms. The molecule has 106 valence electrons. The highest BCUT2D eigenvalue weighted by molar-refractivity contribution is 5.70. The van der Waals surface area contributed by atoms with E-state index in [-0.39, 0.29) is 25.0 Å². The van der Waals surface area contributed by atoms with Crippen molar-refractivity contribution in [2.75, 3.05) is 27.4 Å². The quantitative estimate of drug-likeness (QED) is 0.335. The highest BCUT2D eigenvalue weighted by Gasteiger charge is 2.13. The van der Waals surface area contributed by atoms with Crippen LogP contribution in [0.4, 0.5) is 0 Å². The first kappa shape index (κ1) is 16.9. The topological polar surface area (TPSA) is 71.1 Å². The van der Waals surface area contributed by atoms with Gasteiger partial charge in [0.05, 0.1) is 6.61 Å². The first-order chi connectivity index (χ1) is 8.63. The zero-order chi connectivity index (χ0) is 13.8. The molecule has 0 rings (SSSR count). The normalized spacial score (nSPS) is 11.9. The van der Waals surface area contributed by atoms with Gasteiger partial charge >= 0.3 is 11.9 Å². The van der Waals surface area contributed by atoms with Crippen molar-refractivity contribution in [1.82, 2.24) is 0 Å². The molecule has 0 aromatic heterocycles. The van der Waals surface area contributed by atoms with Gasteiger partial charge in [-0.15, -0.1) is 0 Å². The Bertz CT molecular complexity index is 241. The van der Waals surface area contributed by atoms with Crippen LogP contribution in [0.25, 0.3) is 0 Å². The van der Waals surface area contributed by atoms with E-state index < -0.39 is 6.29 Å². The molecule has 0 aromatic rings. The number of methoxy groups -OCH3 is 2. The van der Waals surface area contributed by atoms with Crippen LogP contribution >= 0.6 is 0 Å². The summed E-state index contributed by atoms with van der Waals surface area (Å²) in [6.07, 6.45) is 1.10. The number of esters is 2. The zero-order valence-electron chi connectivity index (χ0n) is 11.3. The van der Waals surface area contributed by atoms with E-state index in [2.05, 4.69) is 0 Å². The third kappa shape index (κ3) is 8.95. The Kier molecular flexibility index (Phi) is 10.3. The van der Waals surface area contributed by atoms with Crippen molar-refractivity contribution in [1.29, 1.82) is 0 Å². The number of hydrogen-bond donors (Lipinski definition) is 0. The molecule has 6 heteroatoms. The maximum absolute atomic E-state index is 11.4.